The maximum atomic E-state index is 13.2. The van der Waals surface area contributed by atoms with Crippen molar-refractivity contribution in [2.45, 2.75) is 25.8 Å². The van der Waals surface area contributed by atoms with Crippen molar-refractivity contribution in [2.75, 3.05) is 10.6 Å². The second-order valence-electron chi connectivity index (χ2n) is 6.91. The maximum absolute atomic E-state index is 13.2. The Hall–Kier alpha value is -3.61. The molecule has 1 aromatic heterocycles. The van der Waals surface area contributed by atoms with Gasteiger partial charge < -0.3 is 20.8 Å². The van der Waals surface area contributed by atoms with E-state index < -0.39 is 0 Å². The smallest absolute Gasteiger partial charge is 0.262 e. The number of carbonyl (C=O) groups excluding carboxylic acids is 1. The summed E-state index contributed by atoms with van der Waals surface area (Å²) in [6.45, 7) is 1.98. The summed E-state index contributed by atoms with van der Waals surface area (Å²) < 4.78 is 0. The molecule has 4 N–H and O–H groups in total. The molecule has 0 saturated carbocycles. The number of amides is 1. The van der Waals surface area contributed by atoms with Crippen molar-refractivity contribution in [1.82, 2.24) is 9.97 Å². The molecule has 0 saturated heterocycles. The van der Waals surface area contributed by atoms with Crippen LogP contribution in [0.3, 0.4) is 0 Å². The van der Waals surface area contributed by atoms with Crippen LogP contribution in [0.4, 0.5) is 11.6 Å². The maximum Gasteiger partial charge on any atom is 0.262 e. The van der Waals surface area contributed by atoms with E-state index in [1.165, 1.54) is 18.2 Å². The molecule has 1 aliphatic heterocycles. The highest BCUT2D eigenvalue weighted by atomic mass is 16.3. The molecule has 7 heteroatoms. The summed E-state index contributed by atoms with van der Waals surface area (Å²) in [5, 5.41) is 19.6. The number of anilines is 2. The van der Waals surface area contributed by atoms with Gasteiger partial charge in [0.05, 0.1) is 11.3 Å². The van der Waals surface area contributed by atoms with Crippen LogP contribution < -0.4 is 10.6 Å². The zero-order valence-corrected chi connectivity index (χ0v) is 15.3. The Bertz CT molecular complexity index is 1070. The molecular weight excluding hydrogens is 356 g/mol. The van der Waals surface area contributed by atoms with Crippen LogP contribution in [0.1, 0.15) is 29.3 Å². The lowest BCUT2D eigenvalue weighted by atomic mass is 9.93. The number of phenols is 2. The van der Waals surface area contributed by atoms with Gasteiger partial charge in [-0.1, -0.05) is 6.07 Å². The first-order valence-electron chi connectivity index (χ1n) is 9.01. The highest BCUT2D eigenvalue weighted by Crippen LogP contribution is 2.36. The fourth-order valence-corrected chi connectivity index (χ4v) is 3.59. The molecular formula is C21H20N4O3. The molecule has 1 amide bonds. The number of aromatic nitrogens is 2. The number of nitrogen functional groups attached to an aromatic ring is 1. The summed E-state index contributed by atoms with van der Waals surface area (Å²) in [4.78, 5) is 23.0. The van der Waals surface area contributed by atoms with E-state index in [1.807, 2.05) is 25.1 Å². The molecule has 1 aliphatic rings. The number of hydrogen-bond donors (Lipinski definition) is 3. The number of phenolic OH excluding ortho intramolecular Hbond substituents is 2. The molecule has 3 aromatic rings. The van der Waals surface area contributed by atoms with Gasteiger partial charge in [0.25, 0.3) is 5.91 Å². The Kier molecular flexibility index (Phi) is 4.35. The van der Waals surface area contributed by atoms with Crippen LogP contribution in [0.25, 0.3) is 11.3 Å². The van der Waals surface area contributed by atoms with E-state index in [2.05, 4.69) is 9.97 Å². The minimum absolute atomic E-state index is 0.0197. The molecule has 0 fully saturated rings. The fourth-order valence-electron chi connectivity index (χ4n) is 3.59. The quantitative estimate of drug-likeness (QED) is 0.633. The van der Waals surface area contributed by atoms with E-state index in [0.717, 1.165) is 35.3 Å². The van der Waals surface area contributed by atoms with Crippen molar-refractivity contribution in [3.63, 3.8) is 0 Å². The van der Waals surface area contributed by atoms with Gasteiger partial charge in [0.1, 0.15) is 11.5 Å². The number of aromatic hydroxyl groups is 2. The van der Waals surface area contributed by atoms with E-state index in [9.17, 15) is 15.0 Å². The summed E-state index contributed by atoms with van der Waals surface area (Å²) >= 11 is 0. The van der Waals surface area contributed by atoms with Gasteiger partial charge >= 0.3 is 0 Å². The van der Waals surface area contributed by atoms with Crippen molar-refractivity contribution in [3.8, 4) is 22.8 Å². The van der Waals surface area contributed by atoms with Gasteiger partial charge in [0, 0.05) is 29.6 Å². The molecule has 2 heterocycles. The molecule has 1 atom stereocenters. The van der Waals surface area contributed by atoms with E-state index in [1.54, 1.807) is 17.2 Å². The first-order chi connectivity index (χ1) is 13.4. The third-order valence-electron chi connectivity index (χ3n) is 5.01. The molecule has 0 spiro atoms. The van der Waals surface area contributed by atoms with Crippen molar-refractivity contribution in [2.24, 2.45) is 0 Å². The van der Waals surface area contributed by atoms with E-state index in [-0.39, 0.29) is 35.0 Å². The Morgan fingerprint density at radius 3 is 2.75 bits per heavy atom. The average molecular weight is 376 g/mol. The largest absolute Gasteiger partial charge is 0.508 e. The van der Waals surface area contributed by atoms with Crippen molar-refractivity contribution in [1.29, 1.82) is 0 Å². The molecule has 0 unspecified atom stereocenters. The Morgan fingerprint density at radius 2 is 2.00 bits per heavy atom. The van der Waals surface area contributed by atoms with Crippen LogP contribution in [0.15, 0.2) is 48.7 Å². The molecule has 0 aliphatic carbocycles. The molecule has 142 valence electrons. The number of nitrogens with zero attached hydrogens (tertiary/aromatic N) is 3. The number of nitrogens with two attached hydrogens (primary N) is 1. The van der Waals surface area contributed by atoms with Gasteiger partial charge in [-0.25, -0.2) is 9.97 Å². The topological polar surface area (TPSA) is 113 Å². The van der Waals surface area contributed by atoms with Gasteiger partial charge in [-0.15, -0.1) is 0 Å². The Morgan fingerprint density at radius 1 is 1.18 bits per heavy atom. The monoisotopic (exact) mass is 376 g/mol. The number of aryl methyl sites for hydroxylation is 1. The van der Waals surface area contributed by atoms with Crippen LogP contribution >= 0.6 is 0 Å². The van der Waals surface area contributed by atoms with Gasteiger partial charge in [-0.05, 0) is 55.7 Å². The van der Waals surface area contributed by atoms with E-state index in [0.29, 0.717) is 0 Å². The van der Waals surface area contributed by atoms with Gasteiger partial charge in [-0.3, -0.25) is 4.79 Å². The SMILES string of the molecule is C[C@H]1CCc2cc(-c3ccnc(N)n3)ccc2N1C(=O)c1ccc(O)cc1O. The zero-order chi connectivity index (χ0) is 19.8. The van der Waals surface area contributed by atoms with Gasteiger partial charge in [0.15, 0.2) is 0 Å². The van der Waals surface area contributed by atoms with Crippen LogP contribution in [0.2, 0.25) is 0 Å². The fraction of sp³-hybridized carbons (Fsp3) is 0.190. The van der Waals surface area contributed by atoms with Crippen molar-refractivity contribution < 1.29 is 15.0 Å². The normalized spacial score (nSPS) is 15.9. The second kappa shape index (κ2) is 6.84. The minimum Gasteiger partial charge on any atom is -0.508 e. The predicted molar refractivity (Wildman–Crippen MR) is 106 cm³/mol. The van der Waals surface area contributed by atoms with Crippen molar-refractivity contribution >= 4 is 17.5 Å². The molecule has 28 heavy (non-hydrogen) atoms. The van der Waals surface area contributed by atoms with Crippen LogP contribution in [0, 0.1) is 0 Å². The molecule has 7 nitrogen and oxygen atoms in total. The van der Waals surface area contributed by atoms with Crippen LogP contribution in [-0.4, -0.2) is 32.1 Å². The number of rotatable bonds is 2. The highest BCUT2D eigenvalue weighted by Gasteiger charge is 2.30. The number of fused-ring (bicyclic) bond motifs is 1. The number of benzene rings is 2. The average Bonchev–Trinajstić information content (AvgIpc) is 2.67. The summed E-state index contributed by atoms with van der Waals surface area (Å²) in [5.41, 5.74) is 9.31. The standard InChI is InChI=1S/C21H20N4O3/c1-12-2-3-14-10-13(17-8-9-23-21(22)24-17)4-7-18(14)25(12)20(28)16-6-5-15(26)11-19(16)27/h4-12,26-27H,2-3H2,1H3,(H2,22,23,24)/t12-/m0/s1. The second-order valence-corrected chi connectivity index (χ2v) is 6.91. The Labute approximate surface area is 162 Å². The lowest BCUT2D eigenvalue weighted by Crippen LogP contribution is -2.42. The molecule has 4 rings (SSSR count). The van der Waals surface area contributed by atoms with E-state index in [4.69, 9.17) is 5.73 Å². The third-order valence-corrected chi connectivity index (χ3v) is 5.01. The first-order valence-corrected chi connectivity index (χ1v) is 9.01. The van der Waals surface area contributed by atoms with Crippen molar-refractivity contribution in [3.05, 3.63) is 59.8 Å². The van der Waals surface area contributed by atoms with Crippen LogP contribution in [0.5, 0.6) is 11.5 Å². The molecule has 0 bridgehead atoms. The third kappa shape index (κ3) is 3.11. The summed E-state index contributed by atoms with van der Waals surface area (Å²) in [7, 11) is 0. The molecule has 0 radical (unpaired) electrons. The predicted octanol–water partition coefficient (Wildman–Crippen LogP) is 3.12. The highest BCUT2D eigenvalue weighted by molar-refractivity contribution is 6.09. The zero-order valence-electron chi connectivity index (χ0n) is 15.3. The summed E-state index contributed by atoms with van der Waals surface area (Å²) in [5.74, 6) is -0.416. The van der Waals surface area contributed by atoms with Crippen LogP contribution in [-0.2, 0) is 6.42 Å². The summed E-state index contributed by atoms with van der Waals surface area (Å²) in [6.07, 6.45) is 3.24. The lowest BCUT2D eigenvalue weighted by molar-refractivity contribution is 0.0972. The Balaban J connectivity index is 1.74. The first kappa shape index (κ1) is 17.8. The van der Waals surface area contributed by atoms with Gasteiger partial charge in [0.2, 0.25) is 5.95 Å². The number of hydrogen-bond acceptors (Lipinski definition) is 6. The van der Waals surface area contributed by atoms with E-state index >= 15 is 0 Å². The molecule has 2 aromatic carbocycles. The summed E-state index contributed by atoms with van der Waals surface area (Å²) in [6, 6.07) is 11.6. The number of carbonyl (C=O) groups is 1. The lowest BCUT2D eigenvalue weighted by Gasteiger charge is -2.35. The minimum atomic E-state index is -0.301. The van der Waals surface area contributed by atoms with Gasteiger partial charge in [-0.2, -0.15) is 0 Å².